The molecule has 10 heteroatoms. The van der Waals surface area contributed by atoms with E-state index in [0.29, 0.717) is 48.1 Å². The molecule has 8 nitrogen and oxygen atoms in total. The molecule has 1 fully saturated rings. The van der Waals surface area contributed by atoms with Gasteiger partial charge in [0.2, 0.25) is 22.7 Å². The quantitative estimate of drug-likeness (QED) is 0.681. The number of halogens is 1. The van der Waals surface area contributed by atoms with Gasteiger partial charge in [-0.25, -0.2) is 13.1 Å². The maximum absolute atomic E-state index is 12.7. The normalized spacial score (nSPS) is 18.0. The molecular formula is C21H24ClN3O5S. The van der Waals surface area contributed by atoms with E-state index in [1.807, 2.05) is 6.92 Å². The first kappa shape index (κ1) is 21.9. The molecule has 1 unspecified atom stereocenters. The number of anilines is 1. The van der Waals surface area contributed by atoms with Gasteiger partial charge >= 0.3 is 0 Å². The molecule has 4 rings (SSSR count). The lowest BCUT2D eigenvalue weighted by Crippen LogP contribution is -2.50. The summed E-state index contributed by atoms with van der Waals surface area (Å²) in [6.45, 7) is 3.26. The fourth-order valence-electron chi connectivity index (χ4n) is 3.69. The van der Waals surface area contributed by atoms with Crippen molar-refractivity contribution in [3.8, 4) is 11.5 Å². The molecule has 1 saturated heterocycles. The van der Waals surface area contributed by atoms with Crippen LogP contribution in [0.1, 0.15) is 19.8 Å². The fourth-order valence-corrected chi connectivity index (χ4v) is 5.12. The first-order valence-electron chi connectivity index (χ1n) is 10.0. The zero-order valence-corrected chi connectivity index (χ0v) is 18.6. The highest BCUT2D eigenvalue weighted by Crippen LogP contribution is 2.34. The number of rotatable bonds is 6. The van der Waals surface area contributed by atoms with Gasteiger partial charge in [-0.05, 0) is 56.2 Å². The minimum Gasteiger partial charge on any atom is -0.454 e. The summed E-state index contributed by atoms with van der Waals surface area (Å²) in [5.74, 6) is 1.15. The Labute approximate surface area is 186 Å². The van der Waals surface area contributed by atoms with Crippen LogP contribution in [0.4, 0.5) is 5.69 Å². The molecule has 2 aromatic rings. The van der Waals surface area contributed by atoms with Gasteiger partial charge < -0.3 is 14.8 Å². The largest absolute Gasteiger partial charge is 0.454 e. The van der Waals surface area contributed by atoms with Crippen LogP contribution < -0.4 is 19.5 Å². The van der Waals surface area contributed by atoms with Gasteiger partial charge in [0.25, 0.3) is 0 Å². The molecule has 0 saturated carbocycles. The predicted octanol–water partition coefficient (Wildman–Crippen LogP) is 2.84. The van der Waals surface area contributed by atoms with Gasteiger partial charge in [-0.2, -0.15) is 0 Å². The number of benzene rings is 2. The van der Waals surface area contributed by atoms with E-state index in [2.05, 4.69) is 14.9 Å². The summed E-state index contributed by atoms with van der Waals surface area (Å²) in [4.78, 5) is 14.9. The summed E-state index contributed by atoms with van der Waals surface area (Å²) in [5.41, 5.74) is 0.645. The van der Waals surface area contributed by atoms with Crippen molar-refractivity contribution in [3.05, 3.63) is 47.5 Å². The van der Waals surface area contributed by atoms with Crippen molar-refractivity contribution in [1.82, 2.24) is 9.62 Å². The smallest absolute Gasteiger partial charge is 0.241 e. The second-order valence-corrected chi connectivity index (χ2v) is 9.77. The van der Waals surface area contributed by atoms with E-state index in [1.165, 1.54) is 12.1 Å². The zero-order chi connectivity index (χ0) is 22.0. The van der Waals surface area contributed by atoms with E-state index in [9.17, 15) is 13.2 Å². The third-order valence-corrected chi connectivity index (χ3v) is 7.33. The van der Waals surface area contributed by atoms with Crippen molar-refractivity contribution in [2.45, 2.75) is 36.7 Å². The first-order chi connectivity index (χ1) is 14.8. The number of nitrogens with one attached hydrogen (secondary N) is 2. The Hall–Kier alpha value is -2.33. The van der Waals surface area contributed by atoms with Gasteiger partial charge in [-0.15, -0.1) is 0 Å². The molecule has 2 aliphatic rings. The van der Waals surface area contributed by atoms with Gasteiger partial charge in [-0.3, -0.25) is 9.69 Å². The van der Waals surface area contributed by atoms with Crippen LogP contribution in [0.25, 0.3) is 0 Å². The van der Waals surface area contributed by atoms with E-state index in [0.717, 1.165) is 0 Å². The van der Waals surface area contributed by atoms with Gasteiger partial charge in [0.1, 0.15) is 0 Å². The zero-order valence-electron chi connectivity index (χ0n) is 17.0. The molecule has 2 aliphatic heterocycles. The van der Waals surface area contributed by atoms with Gasteiger partial charge in [0, 0.05) is 35.9 Å². The van der Waals surface area contributed by atoms with Crippen LogP contribution in [0.2, 0.25) is 5.02 Å². The number of ether oxygens (including phenoxy) is 2. The molecule has 1 atom stereocenters. The van der Waals surface area contributed by atoms with Crippen LogP contribution in [-0.4, -0.2) is 51.2 Å². The molecule has 0 bridgehead atoms. The molecule has 0 radical (unpaired) electrons. The molecule has 0 spiro atoms. The number of likely N-dealkylation sites (tertiary alicyclic amines) is 1. The molecule has 2 heterocycles. The summed E-state index contributed by atoms with van der Waals surface area (Å²) in [6.07, 6.45) is 1.24. The monoisotopic (exact) mass is 465 g/mol. The van der Waals surface area contributed by atoms with Crippen LogP contribution in [0.5, 0.6) is 11.5 Å². The van der Waals surface area contributed by atoms with Crippen molar-refractivity contribution in [2.24, 2.45) is 0 Å². The van der Waals surface area contributed by atoms with Crippen LogP contribution in [0.15, 0.2) is 47.4 Å². The molecule has 166 valence electrons. The van der Waals surface area contributed by atoms with E-state index < -0.39 is 10.0 Å². The van der Waals surface area contributed by atoms with Crippen LogP contribution >= 0.6 is 11.6 Å². The Morgan fingerprint density at radius 1 is 1.10 bits per heavy atom. The molecule has 0 aromatic heterocycles. The number of amides is 1. The third kappa shape index (κ3) is 5.12. The molecule has 0 aliphatic carbocycles. The molecule has 31 heavy (non-hydrogen) atoms. The molecular weight excluding hydrogens is 442 g/mol. The minimum absolute atomic E-state index is 0.126. The minimum atomic E-state index is -3.61. The number of hydrogen-bond acceptors (Lipinski definition) is 6. The summed E-state index contributed by atoms with van der Waals surface area (Å²) in [7, 11) is -3.61. The maximum Gasteiger partial charge on any atom is 0.241 e. The van der Waals surface area contributed by atoms with E-state index >= 15 is 0 Å². The lowest BCUT2D eigenvalue weighted by atomic mass is 10.0. The van der Waals surface area contributed by atoms with Crippen molar-refractivity contribution in [3.63, 3.8) is 0 Å². The topological polar surface area (TPSA) is 97.0 Å². The van der Waals surface area contributed by atoms with Crippen molar-refractivity contribution < 1.29 is 22.7 Å². The standard InChI is InChI=1S/C21H24ClN3O5S/c1-14(21(26)23-17-4-7-19-20(12-17)30-13-29-19)25-10-8-16(9-11-25)24-31(27,28)18-5-2-15(22)3-6-18/h2-7,12,14,16,24H,8-11,13H2,1H3,(H,23,26). The summed E-state index contributed by atoms with van der Waals surface area (Å²) in [5, 5.41) is 3.39. The van der Waals surface area contributed by atoms with E-state index in [-0.39, 0.29) is 29.7 Å². The summed E-state index contributed by atoms with van der Waals surface area (Å²) in [6, 6.07) is 10.8. The van der Waals surface area contributed by atoms with E-state index in [4.69, 9.17) is 21.1 Å². The number of carbonyl (C=O) groups excluding carboxylic acids is 1. The first-order valence-corrected chi connectivity index (χ1v) is 11.9. The second-order valence-electron chi connectivity index (χ2n) is 7.62. The molecule has 2 aromatic carbocycles. The Bertz CT molecular complexity index is 1050. The third-order valence-electron chi connectivity index (χ3n) is 5.54. The fraction of sp³-hybridized carbons (Fsp3) is 0.381. The van der Waals surface area contributed by atoms with Crippen LogP contribution in [0.3, 0.4) is 0 Å². The number of carbonyl (C=O) groups is 1. The number of piperidine rings is 1. The van der Waals surface area contributed by atoms with Gasteiger partial charge in [-0.1, -0.05) is 11.6 Å². The number of sulfonamides is 1. The van der Waals surface area contributed by atoms with Crippen molar-refractivity contribution in [2.75, 3.05) is 25.2 Å². The highest BCUT2D eigenvalue weighted by molar-refractivity contribution is 7.89. The highest BCUT2D eigenvalue weighted by atomic mass is 35.5. The van der Waals surface area contributed by atoms with E-state index in [1.54, 1.807) is 30.3 Å². The van der Waals surface area contributed by atoms with Gasteiger partial charge in [0.05, 0.1) is 10.9 Å². The van der Waals surface area contributed by atoms with Crippen LogP contribution in [-0.2, 0) is 14.8 Å². The number of hydrogen-bond donors (Lipinski definition) is 2. The molecule has 1 amide bonds. The maximum atomic E-state index is 12.7. The SMILES string of the molecule is CC(C(=O)Nc1ccc2c(c1)OCO2)N1CCC(NS(=O)(=O)c2ccc(Cl)cc2)CC1. The lowest BCUT2D eigenvalue weighted by Gasteiger charge is -2.35. The average molecular weight is 466 g/mol. The second kappa shape index (κ2) is 9.04. The Morgan fingerprint density at radius 2 is 1.77 bits per heavy atom. The van der Waals surface area contributed by atoms with Crippen LogP contribution in [0, 0.1) is 0 Å². The Kier molecular flexibility index (Phi) is 6.38. The van der Waals surface area contributed by atoms with Crippen molar-refractivity contribution in [1.29, 1.82) is 0 Å². The average Bonchev–Trinajstić information content (AvgIpc) is 3.22. The molecule has 2 N–H and O–H groups in total. The lowest BCUT2D eigenvalue weighted by molar-refractivity contribution is -0.121. The predicted molar refractivity (Wildman–Crippen MR) is 117 cm³/mol. The summed E-state index contributed by atoms with van der Waals surface area (Å²) >= 11 is 5.84. The highest BCUT2D eigenvalue weighted by Gasteiger charge is 2.29. The Morgan fingerprint density at radius 3 is 2.48 bits per heavy atom. The summed E-state index contributed by atoms with van der Waals surface area (Å²) < 4.78 is 38.5. The van der Waals surface area contributed by atoms with Crippen molar-refractivity contribution >= 4 is 33.2 Å². The number of nitrogens with zero attached hydrogens (tertiary/aromatic N) is 1. The number of fused-ring (bicyclic) bond motifs is 1. The Balaban J connectivity index is 1.29. The van der Waals surface area contributed by atoms with Gasteiger partial charge in [0.15, 0.2) is 11.5 Å².